The van der Waals surface area contributed by atoms with Crippen molar-refractivity contribution in [3.05, 3.63) is 93.1 Å². The molecular weight excluding hydrogens is 527 g/mol. The molecule has 35 heavy (non-hydrogen) atoms. The third-order valence-corrected chi connectivity index (χ3v) is 8.29. The van der Waals surface area contributed by atoms with E-state index in [1.165, 1.54) is 29.5 Å². The fourth-order valence-electron chi connectivity index (χ4n) is 3.50. The Labute approximate surface area is 214 Å². The molecule has 2 heterocycles. The van der Waals surface area contributed by atoms with Crippen molar-refractivity contribution in [1.29, 1.82) is 0 Å². The van der Waals surface area contributed by atoms with Gasteiger partial charge in [0.2, 0.25) is 0 Å². The van der Waals surface area contributed by atoms with Gasteiger partial charge in [-0.15, -0.1) is 0 Å². The summed E-state index contributed by atoms with van der Waals surface area (Å²) in [5, 5.41) is 14.5. The van der Waals surface area contributed by atoms with Crippen LogP contribution in [-0.4, -0.2) is 24.5 Å². The van der Waals surface area contributed by atoms with Crippen LogP contribution >= 0.6 is 34.5 Å². The number of amides is 1. The molecule has 2 aromatic heterocycles. The molecule has 0 saturated heterocycles. The zero-order chi connectivity index (χ0) is 24.6. The van der Waals surface area contributed by atoms with Crippen molar-refractivity contribution < 1.29 is 13.2 Å². The number of fused-ring (bicyclic) bond motifs is 1. The maximum absolute atomic E-state index is 12.7. The number of thiophene rings is 1. The third kappa shape index (κ3) is 4.76. The molecule has 0 saturated carbocycles. The number of hydrogen-bond acceptors (Lipinski definition) is 5. The highest BCUT2D eigenvalue weighted by Crippen LogP contribution is 2.31. The van der Waals surface area contributed by atoms with E-state index in [0.717, 1.165) is 22.0 Å². The lowest BCUT2D eigenvalue weighted by Gasteiger charge is -2.11. The van der Waals surface area contributed by atoms with Crippen LogP contribution in [0.4, 0.5) is 11.5 Å². The number of hydrogen-bond donors (Lipinski definition) is 3. The van der Waals surface area contributed by atoms with Crippen LogP contribution in [0.3, 0.4) is 0 Å². The minimum Gasteiger partial charge on any atom is -0.305 e. The minimum absolute atomic E-state index is 0.0305. The fourth-order valence-corrected chi connectivity index (χ4v) is 5.96. The molecule has 0 bridgehead atoms. The normalized spacial score (nSPS) is 11.5. The second-order valence-corrected chi connectivity index (χ2v) is 10.7. The molecule has 1 amide bonds. The maximum Gasteiger partial charge on any atom is 0.263 e. The van der Waals surface area contributed by atoms with Crippen molar-refractivity contribution in [2.75, 3.05) is 10.0 Å². The van der Waals surface area contributed by atoms with Crippen LogP contribution in [-0.2, 0) is 10.0 Å². The number of anilines is 2. The first-order valence-electron chi connectivity index (χ1n) is 10.2. The van der Waals surface area contributed by atoms with Crippen LogP contribution in [0.1, 0.15) is 10.4 Å². The molecule has 3 aromatic carbocycles. The SMILES string of the molecule is O=C(Nc1n[nH]c2cc(-c3ccc(NS(=O)(=O)c4cccc(Cl)c4Cl)cc3)ccc12)c1ccsc1. The third-order valence-electron chi connectivity index (χ3n) is 5.25. The number of halogens is 2. The topological polar surface area (TPSA) is 104 Å². The number of benzene rings is 3. The van der Waals surface area contributed by atoms with Crippen LogP contribution < -0.4 is 10.0 Å². The molecule has 5 aromatic rings. The van der Waals surface area contributed by atoms with E-state index in [4.69, 9.17) is 23.2 Å². The Bertz CT molecular complexity index is 1650. The number of nitrogens with zero attached hydrogens (tertiary/aromatic N) is 1. The van der Waals surface area contributed by atoms with E-state index in [-0.39, 0.29) is 20.8 Å². The molecule has 7 nitrogen and oxygen atoms in total. The number of carbonyl (C=O) groups is 1. The second-order valence-electron chi connectivity index (χ2n) is 7.53. The van der Waals surface area contributed by atoms with Gasteiger partial charge in [0.05, 0.1) is 21.1 Å². The van der Waals surface area contributed by atoms with Gasteiger partial charge in [0.1, 0.15) is 4.90 Å². The number of nitrogens with one attached hydrogen (secondary N) is 3. The lowest BCUT2D eigenvalue weighted by atomic mass is 10.0. The quantitative estimate of drug-likeness (QED) is 0.223. The monoisotopic (exact) mass is 542 g/mol. The first-order valence-corrected chi connectivity index (χ1v) is 13.4. The Morgan fingerprint density at radius 2 is 1.74 bits per heavy atom. The van der Waals surface area contributed by atoms with Gasteiger partial charge in [-0.25, -0.2) is 8.42 Å². The molecule has 0 aliphatic heterocycles. The van der Waals surface area contributed by atoms with Crippen LogP contribution in [0.15, 0.2) is 82.4 Å². The predicted molar refractivity (Wildman–Crippen MR) is 141 cm³/mol. The zero-order valence-corrected chi connectivity index (χ0v) is 20.9. The number of sulfonamides is 1. The molecule has 0 aliphatic rings. The molecule has 0 unspecified atom stereocenters. The summed E-state index contributed by atoms with van der Waals surface area (Å²) in [4.78, 5) is 12.2. The lowest BCUT2D eigenvalue weighted by molar-refractivity contribution is 0.102. The summed E-state index contributed by atoms with van der Waals surface area (Å²) in [6.45, 7) is 0. The van der Waals surface area contributed by atoms with Gasteiger partial charge in [-0.2, -0.15) is 16.4 Å². The molecule has 0 aliphatic carbocycles. The van der Waals surface area contributed by atoms with E-state index in [0.29, 0.717) is 17.1 Å². The standard InChI is InChI=1S/C24H16Cl2N4O3S2/c25-19-2-1-3-21(22(19)26)35(32,33)30-17-7-4-14(5-8-17)15-6-9-18-20(12-15)28-29-23(18)27-24(31)16-10-11-34-13-16/h1-13,30H,(H2,27,28,29,31). The molecule has 0 spiro atoms. The summed E-state index contributed by atoms with van der Waals surface area (Å²) < 4.78 is 28.0. The van der Waals surface area contributed by atoms with Gasteiger partial charge < -0.3 is 5.32 Å². The van der Waals surface area contributed by atoms with Crippen molar-refractivity contribution in [2.24, 2.45) is 0 Å². The summed E-state index contributed by atoms with van der Waals surface area (Å²) in [6.07, 6.45) is 0. The lowest BCUT2D eigenvalue weighted by Crippen LogP contribution is -2.13. The van der Waals surface area contributed by atoms with E-state index in [9.17, 15) is 13.2 Å². The summed E-state index contributed by atoms with van der Waals surface area (Å²) in [5.41, 5.74) is 3.48. The van der Waals surface area contributed by atoms with E-state index >= 15 is 0 Å². The van der Waals surface area contributed by atoms with Gasteiger partial charge in [0.25, 0.3) is 15.9 Å². The molecule has 0 radical (unpaired) electrons. The first-order chi connectivity index (χ1) is 16.8. The van der Waals surface area contributed by atoms with Crippen LogP contribution in [0, 0.1) is 0 Å². The van der Waals surface area contributed by atoms with Gasteiger partial charge in [-0.05, 0) is 59.0 Å². The van der Waals surface area contributed by atoms with Crippen molar-refractivity contribution in [3.8, 4) is 11.1 Å². The number of aromatic nitrogens is 2. The predicted octanol–water partition coefficient (Wildman–Crippen LogP) is 6.65. The van der Waals surface area contributed by atoms with E-state index < -0.39 is 10.0 Å². The van der Waals surface area contributed by atoms with E-state index in [1.54, 1.807) is 35.7 Å². The molecule has 5 rings (SSSR count). The van der Waals surface area contributed by atoms with Gasteiger partial charge in [-0.3, -0.25) is 14.6 Å². The van der Waals surface area contributed by atoms with E-state index in [1.807, 2.05) is 23.6 Å². The van der Waals surface area contributed by atoms with Crippen molar-refractivity contribution in [2.45, 2.75) is 4.90 Å². The highest BCUT2D eigenvalue weighted by molar-refractivity contribution is 7.92. The largest absolute Gasteiger partial charge is 0.305 e. The summed E-state index contributed by atoms with van der Waals surface area (Å²) >= 11 is 13.5. The highest BCUT2D eigenvalue weighted by atomic mass is 35.5. The van der Waals surface area contributed by atoms with Gasteiger partial charge in [0, 0.05) is 16.5 Å². The molecule has 11 heteroatoms. The van der Waals surface area contributed by atoms with Crippen molar-refractivity contribution in [1.82, 2.24) is 10.2 Å². The Balaban J connectivity index is 1.35. The number of H-pyrrole nitrogens is 1. The fraction of sp³-hybridized carbons (Fsp3) is 0. The first kappa shape index (κ1) is 23.4. The average molecular weight is 543 g/mol. The Hall–Kier alpha value is -3.37. The molecule has 0 atom stereocenters. The van der Waals surface area contributed by atoms with Gasteiger partial charge >= 0.3 is 0 Å². The highest BCUT2D eigenvalue weighted by Gasteiger charge is 2.19. The number of rotatable bonds is 6. The smallest absolute Gasteiger partial charge is 0.263 e. The molecule has 3 N–H and O–H groups in total. The van der Waals surface area contributed by atoms with Crippen molar-refractivity contribution in [3.63, 3.8) is 0 Å². The van der Waals surface area contributed by atoms with Crippen LogP contribution in [0.25, 0.3) is 22.0 Å². The van der Waals surface area contributed by atoms with Gasteiger partial charge in [0.15, 0.2) is 5.82 Å². The molecular formula is C24H16Cl2N4O3S2. The molecule has 176 valence electrons. The Kier molecular flexibility index (Phi) is 6.24. The van der Waals surface area contributed by atoms with Crippen LogP contribution in [0.2, 0.25) is 10.0 Å². The molecule has 0 fully saturated rings. The van der Waals surface area contributed by atoms with E-state index in [2.05, 4.69) is 20.2 Å². The summed E-state index contributed by atoms with van der Waals surface area (Å²) in [6, 6.07) is 18.8. The average Bonchev–Trinajstić information content (AvgIpc) is 3.51. The van der Waals surface area contributed by atoms with Crippen LogP contribution in [0.5, 0.6) is 0 Å². The Morgan fingerprint density at radius 3 is 2.49 bits per heavy atom. The summed E-state index contributed by atoms with van der Waals surface area (Å²) in [7, 11) is -3.91. The Morgan fingerprint density at radius 1 is 0.971 bits per heavy atom. The minimum atomic E-state index is -3.91. The number of carbonyl (C=O) groups excluding carboxylic acids is 1. The van der Waals surface area contributed by atoms with Crippen molar-refractivity contribution >= 4 is 72.9 Å². The second kappa shape index (κ2) is 9.35. The maximum atomic E-state index is 12.7. The van der Waals surface area contributed by atoms with Gasteiger partial charge in [-0.1, -0.05) is 47.5 Å². The zero-order valence-electron chi connectivity index (χ0n) is 17.7. The summed E-state index contributed by atoms with van der Waals surface area (Å²) in [5.74, 6) is 0.230. The number of aromatic amines is 1.